The zero-order chi connectivity index (χ0) is 19.9. The van der Waals surface area contributed by atoms with Crippen molar-refractivity contribution in [2.24, 2.45) is 0 Å². The molecule has 28 heavy (non-hydrogen) atoms. The van der Waals surface area contributed by atoms with Crippen LogP contribution in [-0.2, 0) is 13.1 Å². The lowest BCUT2D eigenvalue weighted by atomic mass is 10.2. The highest BCUT2D eigenvalue weighted by atomic mass is 16.5. The zero-order valence-electron chi connectivity index (χ0n) is 16.3. The molecular weight excluding hydrogens is 356 g/mol. The van der Waals surface area contributed by atoms with Crippen molar-refractivity contribution < 1.29 is 18.7 Å². The Morgan fingerprint density at radius 1 is 1.00 bits per heavy atom. The Hall–Kier alpha value is -3.41. The molecule has 1 N–H and O–H groups in total. The van der Waals surface area contributed by atoms with Gasteiger partial charge < -0.3 is 24.1 Å². The van der Waals surface area contributed by atoms with Gasteiger partial charge in [-0.2, -0.15) is 0 Å². The molecule has 1 heterocycles. The van der Waals surface area contributed by atoms with E-state index in [9.17, 15) is 4.79 Å². The third-order valence-corrected chi connectivity index (χ3v) is 4.30. The van der Waals surface area contributed by atoms with Gasteiger partial charge in [0.1, 0.15) is 5.76 Å². The van der Waals surface area contributed by atoms with Crippen molar-refractivity contribution in [1.82, 2.24) is 4.90 Å². The molecular formula is C22H24N2O4. The van der Waals surface area contributed by atoms with Crippen molar-refractivity contribution >= 4 is 11.7 Å². The maximum atomic E-state index is 12.9. The molecule has 3 aromatic rings. The molecule has 0 unspecified atom stereocenters. The van der Waals surface area contributed by atoms with E-state index in [1.54, 1.807) is 25.4 Å². The van der Waals surface area contributed by atoms with E-state index in [2.05, 4.69) is 5.32 Å². The van der Waals surface area contributed by atoms with Crippen LogP contribution in [0.4, 0.5) is 10.5 Å². The number of carbonyl (C=O) groups excluding carboxylic acids is 1. The molecule has 3 rings (SSSR count). The van der Waals surface area contributed by atoms with Gasteiger partial charge in [0.05, 0.1) is 27.0 Å². The first kappa shape index (κ1) is 19.4. The second kappa shape index (κ2) is 8.99. The number of urea groups is 1. The minimum atomic E-state index is -0.211. The van der Waals surface area contributed by atoms with E-state index in [-0.39, 0.29) is 6.03 Å². The van der Waals surface area contributed by atoms with E-state index in [1.807, 2.05) is 61.5 Å². The number of ether oxygens (including phenoxy) is 2. The van der Waals surface area contributed by atoms with Crippen molar-refractivity contribution in [3.63, 3.8) is 0 Å². The quantitative estimate of drug-likeness (QED) is 0.637. The highest BCUT2D eigenvalue weighted by molar-refractivity contribution is 5.89. The molecule has 0 aliphatic rings. The standard InChI is InChI=1S/C22H24N2O4/c1-16-6-4-7-18(12-16)23-22(25)24(15-19-8-5-11-28-19)14-17-9-10-20(26-2)21(13-17)27-3/h4-13H,14-15H2,1-3H3,(H,23,25). The van der Waals surface area contributed by atoms with Crippen LogP contribution in [0.5, 0.6) is 11.5 Å². The minimum absolute atomic E-state index is 0.211. The number of methoxy groups -OCH3 is 2. The van der Waals surface area contributed by atoms with Crippen LogP contribution < -0.4 is 14.8 Å². The van der Waals surface area contributed by atoms with Crippen molar-refractivity contribution in [3.8, 4) is 11.5 Å². The summed E-state index contributed by atoms with van der Waals surface area (Å²) in [5.41, 5.74) is 2.75. The third-order valence-electron chi connectivity index (χ3n) is 4.30. The van der Waals surface area contributed by atoms with Gasteiger partial charge in [-0.1, -0.05) is 18.2 Å². The highest BCUT2D eigenvalue weighted by Gasteiger charge is 2.17. The summed E-state index contributed by atoms with van der Waals surface area (Å²) < 4.78 is 16.1. The van der Waals surface area contributed by atoms with Gasteiger partial charge in [0.2, 0.25) is 0 Å². The van der Waals surface area contributed by atoms with Crippen LogP contribution >= 0.6 is 0 Å². The lowest BCUT2D eigenvalue weighted by molar-refractivity contribution is 0.201. The Kier molecular flexibility index (Phi) is 6.22. The Labute approximate surface area is 164 Å². The summed E-state index contributed by atoms with van der Waals surface area (Å²) in [6.07, 6.45) is 1.60. The largest absolute Gasteiger partial charge is 0.493 e. The maximum Gasteiger partial charge on any atom is 0.322 e. The van der Waals surface area contributed by atoms with E-state index in [1.165, 1.54) is 0 Å². The number of nitrogens with zero attached hydrogens (tertiary/aromatic N) is 1. The molecule has 0 aliphatic heterocycles. The second-order valence-corrected chi connectivity index (χ2v) is 6.42. The average Bonchev–Trinajstić information content (AvgIpc) is 3.20. The van der Waals surface area contributed by atoms with Gasteiger partial charge in [-0.3, -0.25) is 0 Å². The van der Waals surface area contributed by atoms with Crippen LogP contribution in [-0.4, -0.2) is 25.2 Å². The molecule has 6 nitrogen and oxygen atoms in total. The summed E-state index contributed by atoms with van der Waals surface area (Å²) >= 11 is 0. The van der Waals surface area contributed by atoms with E-state index in [4.69, 9.17) is 13.9 Å². The smallest absolute Gasteiger partial charge is 0.322 e. The van der Waals surface area contributed by atoms with Crippen LogP contribution in [0.3, 0.4) is 0 Å². The molecule has 0 bridgehead atoms. The molecule has 146 valence electrons. The number of furan rings is 1. The fourth-order valence-corrected chi connectivity index (χ4v) is 2.91. The summed E-state index contributed by atoms with van der Waals surface area (Å²) in [7, 11) is 3.18. The summed E-state index contributed by atoms with van der Waals surface area (Å²) in [5.74, 6) is 1.98. The van der Waals surface area contributed by atoms with Crippen LogP contribution in [0.1, 0.15) is 16.9 Å². The Balaban J connectivity index is 1.81. The summed E-state index contributed by atoms with van der Waals surface area (Å²) in [5, 5.41) is 2.96. The zero-order valence-corrected chi connectivity index (χ0v) is 16.3. The lowest BCUT2D eigenvalue weighted by Crippen LogP contribution is -2.34. The van der Waals surface area contributed by atoms with Gasteiger partial charge in [0.25, 0.3) is 0 Å². The molecule has 2 aromatic carbocycles. The number of nitrogens with one attached hydrogen (secondary N) is 1. The molecule has 0 radical (unpaired) electrons. The van der Waals surface area contributed by atoms with Crippen molar-refractivity contribution in [3.05, 3.63) is 77.7 Å². The molecule has 0 saturated carbocycles. The molecule has 6 heteroatoms. The van der Waals surface area contributed by atoms with Gasteiger partial charge in [-0.05, 0) is 54.4 Å². The van der Waals surface area contributed by atoms with E-state index >= 15 is 0 Å². The normalized spacial score (nSPS) is 10.4. The van der Waals surface area contributed by atoms with Gasteiger partial charge in [0.15, 0.2) is 11.5 Å². The summed E-state index contributed by atoms with van der Waals surface area (Å²) in [6, 6.07) is 16.8. The molecule has 0 spiro atoms. The van der Waals surface area contributed by atoms with Crippen LogP contribution in [0.15, 0.2) is 65.3 Å². The van der Waals surface area contributed by atoms with Gasteiger partial charge >= 0.3 is 6.03 Å². The number of aryl methyl sites for hydroxylation is 1. The monoisotopic (exact) mass is 380 g/mol. The molecule has 0 atom stereocenters. The van der Waals surface area contributed by atoms with Crippen LogP contribution in [0.2, 0.25) is 0 Å². The van der Waals surface area contributed by atoms with E-state index < -0.39 is 0 Å². The predicted octanol–water partition coefficient (Wildman–Crippen LogP) is 4.84. The summed E-state index contributed by atoms with van der Waals surface area (Å²) in [6.45, 7) is 2.72. The lowest BCUT2D eigenvalue weighted by Gasteiger charge is -2.23. The molecule has 1 aromatic heterocycles. The third kappa shape index (κ3) is 4.85. The second-order valence-electron chi connectivity index (χ2n) is 6.42. The minimum Gasteiger partial charge on any atom is -0.493 e. The maximum absolute atomic E-state index is 12.9. The van der Waals surface area contributed by atoms with Crippen LogP contribution in [0, 0.1) is 6.92 Å². The first-order valence-electron chi connectivity index (χ1n) is 8.95. The first-order valence-corrected chi connectivity index (χ1v) is 8.95. The van der Waals surface area contributed by atoms with Crippen LogP contribution in [0.25, 0.3) is 0 Å². The fraction of sp³-hybridized carbons (Fsp3) is 0.227. The fourth-order valence-electron chi connectivity index (χ4n) is 2.91. The van der Waals surface area contributed by atoms with Crippen molar-refractivity contribution in [2.45, 2.75) is 20.0 Å². The number of hydrogen-bond acceptors (Lipinski definition) is 4. The molecule has 0 aliphatic carbocycles. The number of benzene rings is 2. The van der Waals surface area contributed by atoms with Gasteiger partial charge in [0, 0.05) is 12.2 Å². The van der Waals surface area contributed by atoms with E-state index in [0.717, 1.165) is 16.8 Å². The average molecular weight is 380 g/mol. The topological polar surface area (TPSA) is 63.9 Å². The number of carbonyl (C=O) groups is 1. The van der Waals surface area contributed by atoms with Crippen molar-refractivity contribution in [1.29, 1.82) is 0 Å². The predicted molar refractivity (Wildman–Crippen MR) is 108 cm³/mol. The first-order chi connectivity index (χ1) is 13.6. The number of anilines is 1. The molecule has 0 fully saturated rings. The van der Waals surface area contributed by atoms with Crippen molar-refractivity contribution in [2.75, 3.05) is 19.5 Å². The highest BCUT2D eigenvalue weighted by Crippen LogP contribution is 2.28. The Morgan fingerprint density at radius 3 is 2.50 bits per heavy atom. The van der Waals surface area contributed by atoms with Gasteiger partial charge in [-0.25, -0.2) is 4.79 Å². The number of amides is 2. The molecule has 2 amide bonds. The van der Waals surface area contributed by atoms with E-state index in [0.29, 0.717) is 30.3 Å². The SMILES string of the molecule is COc1ccc(CN(Cc2ccco2)C(=O)Nc2cccc(C)c2)cc1OC. The Morgan fingerprint density at radius 2 is 1.82 bits per heavy atom. The number of rotatable bonds is 7. The molecule has 0 saturated heterocycles. The number of hydrogen-bond donors (Lipinski definition) is 1. The Bertz CT molecular complexity index is 922. The summed E-state index contributed by atoms with van der Waals surface area (Å²) in [4.78, 5) is 14.6. The van der Waals surface area contributed by atoms with Gasteiger partial charge in [-0.15, -0.1) is 0 Å².